The number of hydrogen-bond donors (Lipinski definition) is 0. The summed E-state index contributed by atoms with van der Waals surface area (Å²) in [6.45, 7) is 3.67. The summed E-state index contributed by atoms with van der Waals surface area (Å²) in [4.78, 5) is 13.0. The van der Waals surface area contributed by atoms with Crippen LogP contribution < -0.4 is 0 Å². The zero-order chi connectivity index (χ0) is 7.56. The van der Waals surface area contributed by atoms with Crippen molar-refractivity contribution in [1.82, 2.24) is 4.90 Å². The summed E-state index contributed by atoms with van der Waals surface area (Å²) in [6.07, 6.45) is 1.91. The molecule has 0 aromatic carbocycles. The van der Waals surface area contributed by atoms with Crippen LogP contribution in [0.25, 0.3) is 0 Å². The van der Waals surface area contributed by atoms with Crippen LogP contribution in [-0.4, -0.2) is 31.7 Å². The van der Waals surface area contributed by atoms with Gasteiger partial charge in [-0.05, 0) is 19.8 Å². The second kappa shape index (κ2) is 3.08. The van der Waals surface area contributed by atoms with Gasteiger partial charge in [0.05, 0.1) is 7.85 Å². The van der Waals surface area contributed by atoms with E-state index in [0.717, 1.165) is 25.9 Å². The van der Waals surface area contributed by atoms with Gasteiger partial charge < -0.3 is 4.90 Å². The minimum atomic E-state index is -0.228. The second-order valence-electron chi connectivity index (χ2n) is 2.67. The highest BCUT2D eigenvalue weighted by Crippen LogP contribution is 2.18. The maximum absolute atomic E-state index is 11.2. The van der Waals surface area contributed by atoms with Gasteiger partial charge >= 0.3 is 0 Å². The topological polar surface area (TPSA) is 20.3 Å². The number of hydrogen-bond acceptors (Lipinski definition) is 1. The van der Waals surface area contributed by atoms with E-state index in [1.807, 2.05) is 11.8 Å². The Kier molecular flexibility index (Phi) is 2.36. The van der Waals surface area contributed by atoms with E-state index in [1.165, 1.54) is 0 Å². The molecule has 1 aliphatic rings. The lowest BCUT2D eigenvalue weighted by Gasteiger charge is -2.29. The van der Waals surface area contributed by atoms with Crippen molar-refractivity contribution in [2.24, 2.45) is 0 Å². The van der Waals surface area contributed by atoms with E-state index < -0.39 is 0 Å². The van der Waals surface area contributed by atoms with Gasteiger partial charge in [0.2, 0.25) is 5.91 Å². The van der Waals surface area contributed by atoms with Gasteiger partial charge in [-0.1, -0.05) is 0 Å². The first kappa shape index (κ1) is 7.64. The van der Waals surface area contributed by atoms with E-state index in [4.69, 9.17) is 7.85 Å². The van der Waals surface area contributed by atoms with E-state index >= 15 is 0 Å². The molecular formula is C7H12BNO. The summed E-state index contributed by atoms with van der Waals surface area (Å²) in [7, 11) is 5.55. The highest BCUT2D eigenvalue weighted by atomic mass is 16.2. The van der Waals surface area contributed by atoms with Crippen LogP contribution in [0.2, 0.25) is 5.82 Å². The number of likely N-dealkylation sites (tertiary alicyclic amines) is 1. The van der Waals surface area contributed by atoms with E-state index in [9.17, 15) is 4.79 Å². The molecular weight excluding hydrogens is 125 g/mol. The van der Waals surface area contributed by atoms with Crippen LogP contribution in [0, 0.1) is 0 Å². The van der Waals surface area contributed by atoms with Crippen molar-refractivity contribution >= 4 is 13.8 Å². The maximum Gasteiger partial charge on any atom is 0.216 e. The number of rotatable bonds is 1. The Balaban J connectivity index is 2.51. The molecule has 1 aliphatic heterocycles. The molecule has 3 heteroatoms. The molecule has 2 radical (unpaired) electrons. The van der Waals surface area contributed by atoms with Crippen LogP contribution in [0.15, 0.2) is 0 Å². The number of piperidine rings is 1. The summed E-state index contributed by atoms with van der Waals surface area (Å²) >= 11 is 0. The average molecular weight is 137 g/mol. The van der Waals surface area contributed by atoms with Gasteiger partial charge in [-0.25, -0.2) is 0 Å². The molecule has 54 valence electrons. The maximum atomic E-state index is 11.2. The third kappa shape index (κ3) is 1.33. The molecule has 0 saturated carbocycles. The van der Waals surface area contributed by atoms with Crippen molar-refractivity contribution in [1.29, 1.82) is 0 Å². The summed E-state index contributed by atoms with van der Waals surface area (Å²) in [6, 6.07) is 0. The molecule has 0 aromatic heterocycles. The van der Waals surface area contributed by atoms with Crippen LogP contribution in [0.3, 0.4) is 0 Å². The summed E-state index contributed by atoms with van der Waals surface area (Å²) in [5.41, 5.74) is 0. The van der Waals surface area contributed by atoms with Crippen molar-refractivity contribution < 1.29 is 4.79 Å². The Morgan fingerprint density at radius 3 is 3.00 bits per heavy atom. The fourth-order valence-corrected chi connectivity index (χ4v) is 1.28. The smallest absolute Gasteiger partial charge is 0.216 e. The number of nitrogens with zero attached hydrogens (tertiary/aromatic N) is 1. The molecule has 2 nitrogen and oxygen atoms in total. The molecule has 1 unspecified atom stereocenters. The Bertz CT molecular complexity index is 138. The van der Waals surface area contributed by atoms with Gasteiger partial charge in [0.25, 0.3) is 0 Å². The zero-order valence-corrected chi connectivity index (χ0v) is 6.34. The fraction of sp³-hybridized carbons (Fsp3) is 0.857. The minimum Gasteiger partial charge on any atom is -0.343 e. The number of amides is 1. The van der Waals surface area contributed by atoms with Crippen LogP contribution in [-0.2, 0) is 4.79 Å². The molecule has 0 bridgehead atoms. The van der Waals surface area contributed by atoms with Gasteiger partial charge in [-0.15, -0.1) is 0 Å². The average Bonchev–Trinajstić information content (AvgIpc) is 1.95. The van der Waals surface area contributed by atoms with Gasteiger partial charge in [0, 0.05) is 18.9 Å². The first-order valence-corrected chi connectivity index (χ1v) is 3.80. The van der Waals surface area contributed by atoms with Crippen LogP contribution >= 0.6 is 0 Å². The molecule has 0 spiro atoms. The normalized spacial score (nSPS) is 27.1. The predicted octanol–water partition coefficient (Wildman–Crippen LogP) is 0.586. The second-order valence-corrected chi connectivity index (χ2v) is 2.67. The molecule has 1 heterocycles. The molecule has 1 amide bonds. The van der Waals surface area contributed by atoms with Crippen LogP contribution in [0.5, 0.6) is 0 Å². The van der Waals surface area contributed by atoms with Crippen molar-refractivity contribution in [3.63, 3.8) is 0 Å². The lowest BCUT2D eigenvalue weighted by Crippen LogP contribution is -2.38. The van der Waals surface area contributed by atoms with Crippen molar-refractivity contribution in [2.45, 2.75) is 25.6 Å². The first-order chi connectivity index (χ1) is 4.75. The summed E-state index contributed by atoms with van der Waals surface area (Å²) in [5, 5.41) is 0. The lowest BCUT2D eigenvalue weighted by atomic mass is 9.80. The molecule has 1 fully saturated rings. The SMILES string of the molecule is [B]C1CCCN(CC)C1=O. The van der Waals surface area contributed by atoms with Gasteiger partial charge in [0.1, 0.15) is 0 Å². The third-order valence-electron chi connectivity index (χ3n) is 1.95. The molecule has 0 aromatic rings. The van der Waals surface area contributed by atoms with Gasteiger partial charge in [0.15, 0.2) is 0 Å². The minimum absolute atomic E-state index is 0.119. The van der Waals surface area contributed by atoms with Crippen LogP contribution in [0.1, 0.15) is 19.8 Å². The van der Waals surface area contributed by atoms with Crippen molar-refractivity contribution in [2.75, 3.05) is 13.1 Å². The standard InChI is InChI=1S/C7H12BNO/c1-2-9-5-3-4-6(8)7(9)10/h6H,2-5H2,1H3. The first-order valence-electron chi connectivity index (χ1n) is 3.80. The number of carbonyl (C=O) groups excluding carboxylic acids is 1. The highest BCUT2D eigenvalue weighted by Gasteiger charge is 2.22. The quantitative estimate of drug-likeness (QED) is 0.484. The molecule has 1 atom stereocenters. The third-order valence-corrected chi connectivity index (χ3v) is 1.95. The van der Waals surface area contributed by atoms with E-state index in [0.29, 0.717) is 0 Å². The van der Waals surface area contributed by atoms with Crippen molar-refractivity contribution in [3.8, 4) is 0 Å². The molecule has 0 N–H and O–H groups in total. The van der Waals surface area contributed by atoms with E-state index in [1.54, 1.807) is 0 Å². The van der Waals surface area contributed by atoms with Crippen molar-refractivity contribution in [3.05, 3.63) is 0 Å². The number of carbonyl (C=O) groups is 1. The molecule has 0 aliphatic carbocycles. The monoisotopic (exact) mass is 137 g/mol. The largest absolute Gasteiger partial charge is 0.343 e. The highest BCUT2D eigenvalue weighted by molar-refractivity contribution is 6.23. The Morgan fingerprint density at radius 1 is 1.80 bits per heavy atom. The van der Waals surface area contributed by atoms with E-state index in [2.05, 4.69) is 0 Å². The van der Waals surface area contributed by atoms with E-state index in [-0.39, 0.29) is 11.7 Å². The summed E-state index contributed by atoms with van der Waals surface area (Å²) in [5.74, 6) is -0.109. The zero-order valence-electron chi connectivity index (χ0n) is 6.34. The molecule has 1 rings (SSSR count). The lowest BCUT2D eigenvalue weighted by molar-refractivity contribution is -0.132. The Labute approximate surface area is 63.0 Å². The molecule has 10 heavy (non-hydrogen) atoms. The van der Waals surface area contributed by atoms with Gasteiger partial charge in [-0.2, -0.15) is 0 Å². The Hall–Kier alpha value is -0.465. The molecule has 1 saturated heterocycles. The fourth-order valence-electron chi connectivity index (χ4n) is 1.28. The van der Waals surface area contributed by atoms with Crippen LogP contribution in [0.4, 0.5) is 0 Å². The Morgan fingerprint density at radius 2 is 2.50 bits per heavy atom. The summed E-state index contributed by atoms with van der Waals surface area (Å²) < 4.78 is 0. The predicted molar refractivity (Wildman–Crippen MR) is 41.0 cm³/mol. The van der Waals surface area contributed by atoms with Gasteiger partial charge in [-0.3, -0.25) is 4.79 Å².